The van der Waals surface area contributed by atoms with Crippen LogP contribution >= 0.6 is 23.2 Å². The zero-order chi connectivity index (χ0) is 12.7. The van der Waals surface area contributed by atoms with Gasteiger partial charge in [-0.3, -0.25) is 4.57 Å². The highest BCUT2D eigenvalue weighted by molar-refractivity contribution is 6.35. The molecule has 1 fully saturated rings. The van der Waals surface area contributed by atoms with Gasteiger partial charge < -0.3 is 9.72 Å². The lowest BCUT2D eigenvalue weighted by atomic mass is 10.1. The highest BCUT2D eigenvalue weighted by atomic mass is 35.5. The summed E-state index contributed by atoms with van der Waals surface area (Å²) in [7, 11) is 0. The van der Waals surface area contributed by atoms with Crippen LogP contribution in [0, 0.1) is 0 Å². The van der Waals surface area contributed by atoms with Gasteiger partial charge >= 0.3 is 5.69 Å². The number of nitrogens with zero attached hydrogens (tertiary/aromatic N) is 3. The van der Waals surface area contributed by atoms with Gasteiger partial charge in [-0.15, -0.1) is 0 Å². The molecule has 0 bridgehead atoms. The summed E-state index contributed by atoms with van der Waals surface area (Å²) in [6.45, 7) is 1.22. The van der Waals surface area contributed by atoms with Crippen molar-refractivity contribution in [1.82, 2.24) is 19.5 Å². The fourth-order valence-electron chi connectivity index (χ4n) is 2.21. The van der Waals surface area contributed by atoms with Crippen molar-refractivity contribution in [3.8, 4) is 0 Å². The van der Waals surface area contributed by atoms with Gasteiger partial charge in [0.15, 0.2) is 10.8 Å². The molecule has 2 aromatic heterocycles. The lowest BCUT2D eigenvalue weighted by molar-refractivity contribution is 0.0593. The third kappa shape index (κ3) is 1.90. The summed E-state index contributed by atoms with van der Waals surface area (Å²) in [6.07, 6.45) is 1.78. The van der Waals surface area contributed by atoms with Crippen LogP contribution in [0.25, 0.3) is 11.2 Å². The van der Waals surface area contributed by atoms with Crippen molar-refractivity contribution in [2.75, 3.05) is 13.2 Å². The van der Waals surface area contributed by atoms with E-state index in [0.717, 1.165) is 19.4 Å². The Morgan fingerprint density at radius 2 is 2.22 bits per heavy atom. The number of ether oxygens (including phenoxy) is 1. The van der Waals surface area contributed by atoms with Gasteiger partial charge in [0.05, 0.1) is 12.6 Å². The van der Waals surface area contributed by atoms with Crippen LogP contribution in [0.2, 0.25) is 10.4 Å². The number of hydrogen-bond acceptors (Lipinski definition) is 4. The summed E-state index contributed by atoms with van der Waals surface area (Å²) in [4.78, 5) is 22.5. The quantitative estimate of drug-likeness (QED) is 0.641. The maximum atomic E-state index is 12.0. The molecule has 0 unspecified atom stereocenters. The minimum absolute atomic E-state index is 0.0250. The lowest BCUT2D eigenvalue weighted by Gasteiger charge is -2.22. The topological polar surface area (TPSA) is 72.8 Å². The van der Waals surface area contributed by atoms with Crippen molar-refractivity contribution < 1.29 is 4.74 Å². The first kappa shape index (κ1) is 12.0. The SMILES string of the molecule is O=c1[nH]c2c(Cl)nc(Cl)nc2n1[C@@H]1CCCOC1. The fourth-order valence-corrected chi connectivity index (χ4v) is 2.63. The van der Waals surface area contributed by atoms with Crippen LogP contribution in [-0.2, 0) is 4.74 Å². The molecule has 1 N–H and O–H groups in total. The zero-order valence-corrected chi connectivity index (χ0v) is 10.8. The average Bonchev–Trinajstić information content (AvgIpc) is 2.67. The molecule has 1 atom stereocenters. The highest BCUT2D eigenvalue weighted by Crippen LogP contribution is 2.24. The van der Waals surface area contributed by atoms with E-state index in [2.05, 4.69) is 15.0 Å². The summed E-state index contributed by atoms with van der Waals surface area (Å²) in [5, 5.41) is 0.176. The Hall–Kier alpha value is -1.11. The molecule has 8 heteroatoms. The Morgan fingerprint density at radius 3 is 2.94 bits per heavy atom. The lowest BCUT2D eigenvalue weighted by Crippen LogP contribution is -2.29. The molecule has 0 aromatic carbocycles. The van der Waals surface area contributed by atoms with Crippen molar-refractivity contribution in [3.63, 3.8) is 0 Å². The van der Waals surface area contributed by atoms with Crippen molar-refractivity contribution in [2.45, 2.75) is 18.9 Å². The van der Waals surface area contributed by atoms with E-state index in [1.54, 1.807) is 4.57 Å². The Bertz CT molecular complexity index is 645. The van der Waals surface area contributed by atoms with Crippen molar-refractivity contribution in [1.29, 1.82) is 0 Å². The summed E-state index contributed by atoms with van der Waals surface area (Å²) < 4.78 is 6.94. The number of rotatable bonds is 1. The van der Waals surface area contributed by atoms with E-state index in [9.17, 15) is 4.79 Å². The van der Waals surface area contributed by atoms with Gasteiger partial charge in [0, 0.05) is 6.61 Å². The van der Waals surface area contributed by atoms with E-state index >= 15 is 0 Å². The molecule has 1 saturated heterocycles. The van der Waals surface area contributed by atoms with Crippen molar-refractivity contribution in [2.24, 2.45) is 0 Å². The molecule has 3 heterocycles. The minimum atomic E-state index is -0.265. The second-order valence-electron chi connectivity index (χ2n) is 4.15. The molecule has 3 rings (SSSR count). The van der Waals surface area contributed by atoms with Crippen LogP contribution in [0.3, 0.4) is 0 Å². The van der Waals surface area contributed by atoms with Gasteiger partial charge in [-0.2, -0.15) is 4.98 Å². The normalized spacial score (nSPS) is 20.4. The molecule has 0 radical (unpaired) electrons. The molecule has 1 aliphatic rings. The fraction of sp³-hybridized carbons (Fsp3) is 0.500. The van der Waals surface area contributed by atoms with Gasteiger partial charge in [0.25, 0.3) is 0 Å². The first-order valence-electron chi connectivity index (χ1n) is 5.58. The molecule has 6 nitrogen and oxygen atoms in total. The molecule has 0 aliphatic carbocycles. The summed E-state index contributed by atoms with van der Waals surface area (Å²) in [5.41, 5.74) is 0.580. The predicted molar refractivity (Wildman–Crippen MR) is 67.3 cm³/mol. The maximum Gasteiger partial charge on any atom is 0.328 e. The van der Waals surface area contributed by atoms with Crippen LogP contribution in [0.1, 0.15) is 18.9 Å². The van der Waals surface area contributed by atoms with Crippen LogP contribution in [0.4, 0.5) is 0 Å². The molecule has 2 aromatic rings. The second kappa shape index (κ2) is 4.53. The number of imidazole rings is 1. The molecule has 1 aliphatic heterocycles. The van der Waals surface area contributed by atoms with E-state index in [0.29, 0.717) is 17.8 Å². The van der Waals surface area contributed by atoms with Gasteiger partial charge in [0.1, 0.15) is 5.52 Å². The summed E-state index contributed by atoms with van der Waals surface area (Å²) in [6, 6.07) is -0.0398. The Balaban J connectivity index is 2.21. The molecule has 0 amide bonds. The van der Waals surface area contributed by atoms with E-state index in [4.69, 9.17) is 27.9 Å². The van der Waals surface area contributed by atoms with Crippen LogP contribution in [-0.4, -0.2) is 32.7 Å². The standard InChI is InChI=1S/C10H10Cl2N4O2/c11-7-6-8(15-9(12)14-7)16(10(17)13-6)5-2-1-3-18-4-5/h5H,1-4H2,(H,13,17)/t5-/m1/s1. The molecule has 96 valence electrons. The van der Waals surface area contributed by atoms with Crippen LogP contribution < -0.4 is 5.69 Å². The Morgan fingerprint density at radius 1 is 1.39 bits per heavy atom. The van der Waals surface area contributed by atoms with Crippen LogP contribution in [0.5, 0.6) is 0 Å². The average molecular weight is 289 g/mol. The third-order valence-corrected chi connectivity index (χ3v) is 3.44. The first-order chi connectivity index (χ1) is 8.66. The number of hydrogen-bond donors (Lipinski definition) is 1. The number of aromatic nitrogens is 4. The smallest absolute Gasteiger partial charge is 0.328 e. The van der Waals surface area contributed by atoms with Crippen molar-refractivity contribution in [3.05, 3.63) is 20.9 Å². The van der Waals surface area contributed by atoms with Crippen LogP contribution in [0.15, 0.2) is 4.79 Å². The largest absolute Gasteiger partial charge is 0.379 e. The third-order valence-electron chi connectivity index (χ3n) is 3.00. The van der Waals surface area contributed by atoms with E-state index in [1.165, 1.54) is 0 Å². The number of H-pyrrole nitrogens is 1. The number of fused-ring (bicyclic) bond motifs is 1. The van der Waals surface area contributed by atoms with E-state index < -0.39 is 0 Å². The maximum absolute atomic E-state index is 12.0. The van der Waals surface area contributed by atoms with Gasteiger partial charge in [-0.05, 0) is 24.4 Å². The minimum Gasteiger partial charge on any atom is -0.379 e. The summed E-state index contributed by atoms with van der Waals surface area (Å²) >= 11 is 11.7. The monoisotopic (exact) mass is 288 g/mol. The molecule has 0 saturated carbocycles. The number of halogens is 2. The Labute approximate surface area is 112 Å². The van der Waals surface area contributed by atoms with Gasteiger partial charge in [-0.25, -0.2) is 9.78 Å². The summed E-state index contributed by atoms with van der Waals surface area (Å²) in [5.74, 6) is 0. The number of aromatic amines is 1. The van der Waals surface area contributed by atoms with Gasteiger partial charge in [-0.1, -0.05) is 11.6 Å². The van der Waals surface area contributed by atoms with Gasteiger partial charge in [0.2, 0.25) is 5.28 Å². The van der Waals surface area contributed by atoms with E-state index in [-0.39, 0.29) is 22.2 Å². The molecular formula is C10H10Cl2N4O2. The zero-order valence-electron chi connectivity index (χ0n) is 9.32. The molecular weight excluding hydrogens is 279 g/mol. The first-order valence-corrected chi connectivity index (χ1v) is 6.33. The van der Waals surface area contributed by atoms with E-state index in [1.807, 2.05) is 0 Å². The highest BCUT2D eigenvalue weighted by Gasteiger charge is 2.22. The molecule has 0 spiro atoms. The van der Waals surface area contributed by atoms with Crippen molar-refractivity contribution >= 4 is 34.4 Å². The second-order valence-corrected chi connectivity index (χ2v) is 4.85. The Kier molecular flexibility index (Phi) is 3.01. The predicted octanol–water partition coefficient (Wildman–Crippen LogP) is 1.78. The number of nitrogens with one attached hydrogen (secondary N) is 1. The molecule has 18 heavy (non-hydrogen) atoms.